The maximum absolute atomic E-state index is 13.0. The van der Waals surface area contributed by atoms with Crippen LogP contribution in [0.2, 0.25) is 0 Å². The van der Waals surface area contributed by atoms with Gasteiger partial charge in [-0.05, 0) is 79.2 Å². The summed E-state index contributed by atoms with van der Waals surface area (Å²) in [6.45, 7) is 1.91. The highest BCUT2D eigenvalue weighted by atomic mass is 19.4. The maximum atomic E-state index is 13.0. The molecule has 0 spiro atoms. The molecule has 9 nitrogen and oxygen atoms in total. The van der Waals surface area contributed by atoms with Crippen molar-refractivity contribution in [3.05, 3.63) is 123 Å². The number of amides is 1. The van der Waals surface area contributed by atoms with E-state index in [4.69, 9.17) is 4.74 Å². The van der Waals surface area contributed by atoms with Gasteiger partial charge in [0.25, 0.3) is 11.5 Å². The molecule has 1 N–H and O–H groups in total. The van der Waals surface area contributed by atoms with E-state index >= 15 is 0 Å². The topological polar surface area (TPSA) is 112 Å². The summed E-state index contributed by atoms with van der Waals surface area (Å²) in [7, 11) is 1.30. The number of hydrogen-bond donors (Lipinski definition) is 1. The quantitative estimate of drug-likeness (QED) is 0.246. The van der Waals surface area contributed by atoms with Gasteiger partial charge in [0.15, 0.2) is 5.65 Å². The third-order valence-electron chi connectivity index (χ3n) is 6.53. The Morgan fingerprint density at radius 1 is 0.860 bits per heavy atom. The third-order valence-corrected chi connectivity index (χ3v) is 6.53. The van der Waals surface area contributed by atoms with E-state index in [2.05, 4.69) is 20.0 Å². The monoisotopic (exact) mass is 588 g/mol. The van der Waals surface area contributed by atoms with Crippen LogP contribution in [-0.4, -0.2) is 33.5 Å². The van der Waals surface area contributed by atoms with Crippen LogP contribution in [0.15, 0.2) is 89.7 Å². The van der Waals surface area contributed by atoms with Crippen molar-refractivity contribution in [3.8, 4) is 17.4 Å². The highest BCUT2D eigenvalue weighted by Crippen LogP contribution is 2.31. The zero-order valence-corrected chi connectivity index (χ0v) is 22.8. The predicted molar refractivity (Wildman–Crippen MR) is 150 cm³/mol. The summed E-state index contributed by atoms with van der Waals surface area (Å²) in [5.41, 5.74) is 1.42. The van der Waals surface area contributed by atoms with E-state index in [9.17, 15) is 27.6 Å². The van der Waals surface area contributed by atoms with Gasteiger partial charge >= 0.3 is 18.2 Å². The van der Waals surface area contributed by atoms with Crippen LogP contribution >= 0.6 is 0 Å². The molecule has 43 heavy (non-hydrogen) atoms. The second kappa shape index (κ2) is 11.8. The number of alkyl halides is 3. The smallest absolute Gasteiger partial charge is 0.416 e. The summed E-state index contributed by atoms with van der Waals surface area (Å²) in [6.07, 6.45) is -4.49. The van der Waals surface area contributed by atoms with E-state index in [1.165, 1.54) is 17.7 Å². The lowest BCUT2D eigenvalue weighted by atomic mass is 10.1. The van der Waals surface area contributed by atoms with Crippen LogP contribution in [0.4, 0.5) is 13.2 Å². The fraction of sp³-hybridized carbons (Fsp3) is 0.129. The Labute approximate surface area is 242 Å². The van der Waals surface area contributed by atoms with Crippen LogP contribution in [0.25, 0.3) is 16.7 Å². The van der Waals surface area contributed by atoms with Gasteiger partial charge in [0.2, 0.25) is 0 Å². The van der Waals surface area contributed by atoms with Gasteiger partial charge in [0, 0.05) is 23.6 Å². The molecule has 0 aliphatic carbocycles. The predicted octanol–water partition coefficient (Wildman–Crippen LogP) is 5.62. The number of nitrogens with zero attached hydrogens (tertiary/aromatic N) is 3. The Kier molecular flexibility index (Phi) is 7.93. The van der Waals surface area contributed by atoms with Gasteiger partial charge in [-0.3, -0.25) is 14.2 Å². The zero-order valence-electron chi connectivity index (χ0n) is 22.8. The number of pyridine rings is 1. The molecule has 0 aliphatic rings. The fourth-order valence-electron chi connectivity index (χ4n) is 4.28. The molecule has 0 saturated heterocycles. The molecule has 2 heterocycles. The van der Waals surface area contributed by atoms with E-state index in [0.29, 0.717) is 27.9 Å². The first-order chi connectivity index (χ1) is 20.5. The van der Waals surface area contributed by atoms with Crippen molar-refractivity contribution in [2.45, 2.75) is 19.6 Å². The number of benzene rings is 3. The van der Waals surface area contributed by atoms with Crippen molar-refractivity contribution in [1.29, 1.82) is 0 Å². The molecule has 0 atom stereocenters. The molecule has 218 valence electrons. The van der Waals surface area contributed by atoms with Gasteiger partial charge < -0.3 is 14.8 Å². The van der Waals surface area contributed by atoms with Crippen LogP contribution < -0.4 is 15.6 Å². The molecule has 0 fully saturated rings. The number of carbonyl (C=O) groups excluding carboxylic acids is 2. The van der Waals surface area contributed by atoms with Gasteiger partial charge in [-0.25, -0.2) is 4.79 Å². The van der Waals surface area contributed by atoms with Crippen LogP contribution in [0.3, 0.4) is 0 Å². The second-order valence-electron chi connectivity index (χ2n) is 9.38. The molecule has 0 aliphatic heterocycles. The number of fused-ring (bicyclic) bond motifs is 1. The largest absolute Gasteiger partial charge is 0.465 e. The van der Waals surface area contributed by atoms with Crippen molar-refractivity contribution in [3.63, 3.8) is 0 Å². The number of halogens is 3. The number of rotatable bonds is 7. The first-order valence-electron chi connectivity index (χ1n) is 12.8. The number of aryl methyl sites for hydroxylation is 1. The number of aromatic nitrogens is 3. The van der Waals surface area contributed by atoms with Crippen molar-refractivity contribution >= 4 is 22.9 Å². The molecule has 1 amide bonds. The average molecular weight is 589 g/mol. The average Bonchev–Trinajstić information content (AvgIpc) is 2.99. The molecule has 0 bridgehead atoms. The lowest BCUT2D eigenvalue weighted by Gasteiger charge is -2.13. The molecule has 0 saturated carbocycles. The molecule has 3 aromatic carbocycles. The van der Waals surface area contributed by atoms with Crippen molar-refractivity contribution in [1.82, 2.24) is 19.9 Å². The van der Waals surface area contributed by atoms with Gasteiger partial charge in [-0.2, -0.15) is 23.1 Å². The Morgan fingerprint density at radius 2 is 1.51 bits per heavy atom. The van der Waals surface area contributed by atoms with Crippen molar-refractivity contribution in [2.24, 2.45) is 0 Å². The molecular formula is C31H23F3N4O5. The SMILES string of the molecule is COC(=O)c1ccc(CNC(=O)c2ccc(-n3c(=O)ccc4c(C)nc(Oc5ccc(C(F)(F)F)cc5)nc43)cc2)cc1. The van der Waals surface area contributed by atoms with E-state index in [1.54, 1.807) is 61.5 Å². The Bertz CT molecular complexity index is 1870. The molecule has 12 heteroatoms. The van der Waals surface area contributed by atoms with Crippen LogP contribution in [0.5, 0.6) is 11.8 Å². The summed E-state index contributed by atoms with van der Waals surface area (Å²) in [6, 6.07) is 19.8. The molecular weight excluding hydrogens is 565 g/mol. The number of hydrogen-bond acceptors (Lipinski definition) is 7. The third kappa shape index (κ3) is 6.38. The highest BCUT2D eigenvalue weighted by molar-refractivity contribution is 5.94. The minimum absolute atomic E-state index is 0.0892. The van der Waals surface area contributed by atoms with Crippen molar-refractivity contribution in [2.75, 3.05) is 7.11 Å². The van der Waals surface area contributed by atoms with E-state index in [1.807, 2.05) is 0 Å². The fourth-order valence-corrected chi connectivity index (χ4v) is 4.28. The number of ether oxygens (including phenoxy) is 2. The van der Waals surface area contributed by atoms with Gasteiger partial charge in [-0.15, -0.1) is 0 Å². The first-order valence-corrected chi connectivity index (χ1v) is 12.8. The van der Waals surface area contributed by atoms with Gasteiger partial charge in [0.1, 0.15) is 5.75 Å². The lowest BCUT2D eigenvalue weighted by molar-refractivity contribution is -0.137. The van der Waals surface area contributed by atoms with Crippen LogP contribution in [0.1, 0.15) is 37.5 Å². The van der Waals surface area contributed by atoms with Crippen LogP contribution in [-0.2, 0) is 17.5 Å². The summed E-state index contributed by atoms with van der Waals surface area (Å²) < 4.78 is 50.4. The van der Waals surface area contributed by atoms with Gasteiger partial charge in [0.05, 0.1) is 29.6 Å². The Hall–Kier alpha value is -5.52. The number of carbonyl (C=O) groups is 2. The summed E-state index contributed by atoms with van der Waals surface area (Å²) in [5.74, 6) is -0.712. The van der Waals surface area contributed by atoms with Crippen molar-refractivity contribution < 1.29 is 32.2 Å². The highest BCUT2D eigenvalue weighted by Gasteiger charge is 2.30. The minimum Gasteiger partial charge on any atom is -0.465 e. The number of methoxy groups -OCH3 is 1. The summed E-state index contributed by atoms with van der Waals surface area (Å²) in [5, 5.41) is 3.36. The summed E-state index contributed by atoms with van der Waals surface area (Å²) >= 11 is 0. The molecule has 5 rings (SSSR count). The standard InChI is InChI=1S/C31H23F3N4O5/c1-18-25-15-16-26(39)38(27(25)37-30(36-18)43-24-13-9-22(10-14-24)31(32,33)34)23-11-7-20(8-12-23)28(40)35-17-19-3-5-21(6-4-19)29(41)42-2/h3-16H,17H2,1-2H3,(H,35,40). The maximum Gasteiger partial charge on any atom is 0.416 e. The van der Waals surface area contributed by atoms with Crippen LogP contribution in [0, 0.1) is 6.92 Å². The molecule has 0 radical (unpaired) electrons. The van der Waals surface area contributed by atoms with E-state index < -0.39 is 23.3 Å². The normalized spacial score (nSPS) is 11.3. The number of esters is 1. The Morgan fingerprint density at radius 3 is 2.14 bits per heavy atom. The zero-order chi connectivity index (χ0) is 30.7. The molecule has 2 aromatic heterocycles. The van der Waals surface area contributed by atoms with E-state index in [-0.39, 0.29) is 29.9 Å². The number of nitrogens with one attached hydrogen (secondary N) is 1. The molecule has 0 unspecified atom stereocenters. The van der Waals surface area contributed by atoms with Gasteiger partial charge in [-0.1, -0.05) is 12.1 Å². The lowest BCUT2D eigenvalue weighted by Crippen LogP contribution is -2.23. The Balaban J connectivity index is 1.37. The second-order valence-corrected chi connectivity index (χ2v) is 9.38. The summed E-state index contributed by atoms with van der Waals surface area (Å²) in [4.78, 5) is 46.0. The molecule has 5 aromatic rings. The minimum atomic E-state index is -4.49. The first kappa shape index (κ1) is 29.0. The van der Waals surface area contributed by atoms with E-state index in [0.717, 1.165) is 29.8 Å².